The fourth-order valence-electron chi connectivity index (χ4n) is 1.78. The molecule has 0 unspecified atom stereocenters. The fraction of sp³-hybridized carbons (Fsp3) is 0.0833. The molecule has 7 heteroatoms. The number of anilines is 1. The first-order valence-electron chi connectivity index (χ1n) is 5.63. The van der Waals surface area contributed by atoms with E-state index in [2.05, 4.69) is 15.3 Å². The van der Waals surface area contributed by atoms with Gasteiger partial charge in [-0.15, -0.1) is 0 Å². The largest absolute Gasteiger partial charge is 0.467 e. The third-order valence-corrected chi connectivity index (χ3v) is 2.69. The van der Waals surface area contributed by atoms with Crippen LogP contribution in [0, 0.1) is 10.1 Å². The predicted octanol–water partition coefficient (Wildman–Crippen LogP) is 2.68. The van der Waals surface area contributed by atoms with Gasteiger partial charge in [0, 0.05) is 12.1 Å². The number of nitro benzene ring substituents is 1. The quantitative estimate of drug-likeness (QED) is 0.554. The summed E-state index contributed by atoms with van der Waals surface area (Å²) in [7, 11) is 0. The van der Waals surface area contributed by atoms with Gasteiger partial charge in [-0.1, -0.05) is 0 Å². The molecule has 0 fully saturated rings. The Kier molecular flexibility index (Phi) is 2.64. The second-order valence-corrected chi connectivity index (χ2v) is 3.98. The van der Waals surface area contributed by atoms with Crippen LogP contribution in [0.25, 0.3) is 11.0 Å². The molecule has 2 heterocycles. The van der Waals surface area contributed by atoms with E-state index in [1.165, 1.54) is 12.1 Å². The van der Waals surface area contributed by atoms with E-state index in [4.69, 9.17) is 4.42 Å². The molecule has 0 bridgehead atoms. The molecule has 0 amide bonds. The lowest BCUT2D eigenvalue weighted by Gasteiger charge is -1.98. The molecule has 0 spiro atoms. The fourth-order valence-corrected chi connectivity index (χ4v) is 1.78. The van der Waals surface area contributed by atoms with Crippen molar-refractivity contribution in [1.82, 2.24) is 9.97 Å². The van der Waals surface area contributed by atoms with Gasteiger partial charge in [0.25, 0.3) is 5.69 Å². The minimum absolute atomic E-state index is 0.0359. The van der Waals surface area contributed by atoms with Crippen LogP contribution in [0.2, 0.25) is 0 Å². The average Bonchev–Trinajstić information content (AvgIpc) is 3.04. The van der Waals surface area contributed by atoms with Crippen molar-refractivity contribution >= 4 is 22.7 Å². The summed E-state index contributed by atoms with van der Waals surface area (Å²) in [5.41, 5.74) is 1.33. The number of non-ortho nitro benzene ring substituents is 1. The second-order valence-electron chi connectivity index (χ2n) is 3.98. The molecule has 0 aliphatic heterocycles. The van der Waals surface area contributed by atoms with Crippen LogP contribution in [0.15, 0.2) is 41.0 Å². The van der Waals surface area contributed by atoms with Crippen LogP contribution in [-0.2, 0) is 6.54 Å². The van der Waals surface area contributed by atoms with Crippen molar-refractivity contribution in [2.75, 3.05) is 5.32 Å². The van der Waals surface area contributed by atoms with Gasteiger partial charge in [-0.2, -0.15) is 0 Å². The molecule has 2 N–H and O–H groups in total. The van der Waals surface area contributed by atoms with E-state index in [-0.39, 0.29) is 5.69 Å². The number of aromatic amines is 1. The summed E-state index contributed by atoms with van der Waals surface area (Å²) in [4.78, 5) is 17.5. The van der Waals surface area contributed by atoms with Gasteiger partial charge in [0.05, 0.1) is 28.8 Å². The van der Waals surface area contributed by atoms with Crippen molar-refractivity contribution in [1.29, 1.82) is 0 Å². The molecule has 0 saturated carbocycles. The Morgan fingerprint density at radius 2 is 2.32 bits per heavy atom. The van der Waals surface area contributed by atoms with E-state index < -0.39 is 4.92 Å². The van der Waals surface area contributed by atoms with Crippen molar-refractivity contribution in [2.45, 2.75) is 6.54 Å². The zero-order valence-corrected chi connectivity index (χ0v) is 9.79. The maximum absolute atomic E-state index is 10.7. The number of furan rings is 1. The highest BCUT2D eigenvalue weighted by Gasteiger charge is 2.09. The third kappa shape index (κ3) is 2.25. The summed E-state index contributed by atoms with van der Waals surface area (Å²) in [6.45, 7) is 0.495. The Bertz CT molecular complexity index is 718. The molecule has 3 rings (SSSR count). The lowest BCUT2D eigenvalue weighted by atomic mass is 10.3. The van der Waals surface area contributed by atoms with E-state index in [1.807, 2.05) is 6.07 Å². The van der Waals surface area contributed by atoms with Crippen molar-refractivity contribution in [3.05, 3.63) is 52.5 Å². The van der Waals surface area contributed by atoms with E-state index in [1.54, 1.807) is 18.4 Å². The number of hydrogen-bond donors (Lipinski definition) is 2. The molecule has 7 nitrogen and oxygen atoms in total. The highest BCUT2D eigenvalue weighted by Crippen LogP contribution is 2.20. The van der Waals surface area contributed by atoms with Gasteiger partial charge in [0.15, 0.2) is 0 Å². The number of nitro groups is 1. The maximum atomic E-state index is 10.7. The van der Waals surface area contributed by atoms with Gasteiger partial charge in [-0.05, 0) is 18.2 Å². The Balaban J connectivity index is 1.83. The zero-order valence-electron chi connectivity index (χ0n) is 9.79. The maximum Gasteiger partial charge on any atom is 0.271 e. The molecule has 0 radical (unpaired) electrons. The van der Waals surface area contributed by atoms with E-state index >= 15 is 0 Å². The third-order valence-electron chi connectivity index (χ3n) is 2.69. The summed E-state index contributed by atoms with van der Waals surface area (Å²) in [5.74, 6) is 1.33. The molecular formula is C12H10N4O3. The number of fused-ring (bicyclic) bond motifs is 1. The highest BCUT2D eigenvalue weighted by atomic mass is 16.6. The van der Waals surface area contributed by atoms with Gasteiger partial charge < -0.3 is 14.7 Å². The Labute approximate surface area is 107 Å². The summed E-state index contributed by atoms with van der Waals surface area (Å²) in [5, 5.41) is 13.7. The van der Waals surface area contributed by atoms with Crippen LogP contribution in [0.1, 0.15) is 5.76 Å². The number of aromatic nitrogens is 2. The Morgan fingerprint density at radius 1 is 1.42 bits per heavy atom. The summed E-state index contributed by atoms with van der Waals surface area (Å²) in [6.07, 6.45) is 1.60. The smallest absolute Gasteiger partial charge is 0.271 e. The van der Waals surface area contributed by atoms with Crippen LogP contribution in [0.3, 0.4) is 0 Å². The SMILES string of the molecule is O=[N+]([O-])c1ccc2nc(NCc3ccco3)[nH]c2c1. The molecule has 0 aliphatic rings. The number of imidazole rings is 1. The summed E-state index contributed by atoms with van der Waals surface area (Å²) in [6, 6.07) is 8.15. The van der Waals surface area contributed by atoms with Crippen LogP contribution in [0.4, 0.5) is 11.6 Å². The Morgan fingerprint density at radius 3 is 3.05 bits per heavy atom. The Hall–Kier alpha value is -2.83. The van der Waals surface area contributed by atoms with Crippen molar-refractivity contribution in [3.63, 3.8) is 0 Å². The lowest BCUT2D eigenvalue weighted by molar-refractivity contribution is -0.384. The number of benzene rings is 1. The number of nitrogens with one attached hydrogen (secondary N) is 2. The van der Waals surface area contributed by atoms with Gasteiger partial charge >= 0.3 is 0 Å². The predicted molar refractivity (Wildman–Crippen MR) is 68.8 cm³/mol. The first kappa shape index (κ1) is 11.3. The van der Waals surface area contributed by atoms with Gasteiger partial charge in [0.1, 0.15) is 5.76 Å². The van der Waals surface area contributed by atoms with Crippen molar-refractivity contribution in [3.8, 4) is 0 Å². The molecule has 0 saturated heterocycles. The molecular weight excluding hydrogens is 248 g/mol. The van der Waals surface area contributed by atoms with Gasteiger partial charge in [-0.3, -0.25) is 10.1 Å². The van der Waals surface area contributed by atoms with Crippen molar-refractivity contribution in [2.24, 2.45) is 0 Å². The first-order valence-corrected chi connectivity index (χ1v) is 5.63. The number of hydrogen-bond acceptors (Lipinski definition) is 5. The van der Waals surface area contributed by atoms with Gasteiger partial charge in [0.2, 0.25) is 5.95 Å². The molecule has 96 valence electrons. The number of nitrogens with zero attached hydrogens (tertiary/aromatic N) is 2. The molecule has 2 aromatic heterocycles. The van der Waals surface area contributed by atoms with Crippen LogP contribution in [-0.4, -0.2) is 14.9 Å². The standard InChI is InChI=1S/C12H10N4O3/c17-16(18)8-3-4-10-11(6-8)15-12(14-10)13-7-9-2-1-5-19-9/h1-6H,7H2,(H2,13,14,15). The molecule has 1 aromatic carbocycles. The number of rotatable bonds is 4. The number of H-pyrrole nitrogens is 1. The van der Waals surface area contributed by atoms with Crippen molar-refractivity contribution < 1.29 is 9.34 Å². The second kappa shape index (κ2) is 4.45. The zero-order chi connectivity index (χ0) is 13.2. The molecule has 19 heavy (non-hydrogen) atoms. The molecule has 0 atom stereocenters. The minimum Gasteiger partial charge on any atom is -0.467 e. The molecule has 3 aromatic rings. The average molecular weight is 258 g/mol. The normalized spacial score (nSPS) is 10.7. The highest BCUT2D eigenvalue weighted by molar-refractivity contribution is 5.79. The van der Waals surface area contributed by atoms with Crippen LogP contribution >= 0.6 is 0 Å². The van der Waals surface area contributed by atoms with Gasteiger partial charge in [-0.25, -0.2) is 4.98 Å². The monoisotopic (exact) mass is 258 g/mol. The summed E-state index contributed by atoms with van der Waals surface area (Å²) < 4.78 is 5.19. The summed E-state index contributed by atoms with van der Waals surface area (Å²) >= 11 is 0. The minimum atomic E-state index is -0.434. The first-order chi connectivity index (χ1) is 9.22. The van der Waals surface area contributed by atoms with E-state index in [0.29, 0.717) is 23.5 Å². The lowest BCUT2D eigenvalue weighted by Crippen LogP contribution is -1.99. The van der Waals surface area contributed by atoms with E-state index in [9.17, 15) is 10.1 Å². The molecule has 0 aliphatic carbocycles. The topological polar surface area (TPSA) is 97.0 Å². The van der Waals surface area contributed by atoms with E-state index in [0.717, 1.165) is 5.76 Å². The van der Waals surface area contributed by atoms with Crippen LogP contribution in [0.5, 0.6) is 0 Å². The van der Waals surface area contributed by atoms with Crippen LogP contribution < -0.4 is 5.32 Å².